The molecule has 1 aromatic carbocycles. The molecule has 0 spiro atoms. The summed E-state index contributed by atoms with van der Waals surface area (Å²) in [5.74, 6) is 1.50. The molecule has 1 amide bonds. The van der Waals surface area contributed by atoms with Gasteiger partial charge in [-0.1, -0.05) is 28.9 Å². The van der Waals surface area contributed by atoms with Crippen LogP contribution in [0.3, 0.4) is 0 Å². The lowest BCUT2D eigenvalue weighted by Crippen LogP contribution is -2.39. The Morgan fingerprint density at radius 3 is 2.92 bits per heavy atom. The average molecular weight is 360 g/mol. The van der Waals surface area contributed by atoms with Gasteiger partial charge in [-0.25, -0.2) is 0 Å². The molecular formula is C18H18ClN3O3. The van der Waals surface area contributed by atoms with Crippen molar-refractivity contribution in [2.24, 2.45) is 0 Å². The zero-order chi connectivity index (χ0) is 17.6. The zero-order valence-electron chi connectivity index (χ0n) is 14.1. The Morgan fingerprint density at radius 2 is 2.20 bits per heavy atom. The molecule has 4 rings (SSSR count). The van der Waals surface area contributed by atoms with Crippen LogP contribution in [0.15, 0.2) is 27.1 Å². The molecule has 0 saturated carbocycles. The molecule has 130 valence electrons. The van der Waals surface area contributed by atoms with Crippen molar-refractivity contribution in [2.75, 3.05) is 13.1 Å². The third kappa shape index (κ3) is 2.80. The van der Waals surface area contributed by atoms with Gasteiger partial charge in [0.15, 0.2) is 17.2 Å². The number of benzene rings is 1. The Hall–Kier alpha value is -2.34. The summed E-state index contributed by atoms with van der Waals surface area (Å²) >= 11 is 6.19. The lowest BCUT2D eigenvalue weighted by Gasteiger charge is -2.30. The van der Waals surface area contributed by atoms with Crippen LogP contribution in [0.4, 0.5) is 0 Å². The van der Waals surface area contributed by atoms with E-state index in [0.717, 1.165) is 23.8 Å². The topological polar surface area (TPSA) is 72.4 Å². The number of piperidine rings is 1. The number of para-hydroxylation sites is 1. The van der Waals surface area contributed by atoms with E-state index in [-0.39, 0.29) is 11.8 Å². The van der Waals surface area contributed by atoms with Gasteiger partial charge in [0, 0.05) is 24.0 Å². The van der Waals surface area contributed by atoms with Crippen LogP contribution in [-0.2, 0) is 0 Å². The predicted molar refractivity (Wildman–Crippen MR) is 92.9 cm³/mol. The summed E-state index contributed by atoms with van der Waals surface area (Å²) in [6.07, 6.45) is 1.81. The summed E-state index contributed by atoms with van der Waals surface area (Å²) in [5.41, 5.74) is 1.38. The molecule has 1 atom stereocenters. The first-order chi connectivity index (χ1) is 12.0. The van der Waals surface area contributed by atoms with Gasteiger partial charge in [-0.2, -0.15) is 4.98 Å². The van der Waals surface area contributed by atoms with Crippen molar-refractivity contribution in [2.45, 2.75) is 32.6 Å². The summed E-state index contributed by atoms with van der Waals surface area (Å²) in [6.45, 7) is 4.91. The van der Waals surface area contributed by atoms with Crippen molar-refractivity contribution in [1.29, 1.82) is 0 Å². The Bertz CT molecular complexity index is 946. The number of aryl methyl sites for hydroxylation is 2. The van der Waals surface area contributed by atoms with Gasteiger partial charge in [-0.15, -0.1) is 0 Å². The summed E-state index contributed by atoms with van der Waals surface area (Å²) < 4.78 is 11.1. The van der Waals surface area contributed by atoms with Crippen molar-refractivity contribution in [3.05, 3.63) is 46.3 Å². The summed E-state index contributed by atoms with van der Waals surface area (Å²) in [5, 5.41) is 5.23. The van der Waals surface area contributed by atoms with Gasteiger partial charge in [0.2, 0.25) is 5.89 Å². The van der Waals surface area contributed by atoms with E-state index < -0.39 is 0 Å². The molecule has 2 aromatic heterocycles. The monoisotopic (exact) mass is 359 g/mol. The molecule has 1 aliphatic heterocycles. The van der Waals surface area contributed by atoms with E-state index in [0.29, 0.717) is 41.2 Å². The maximum absolute atomic E-state index is 13.0. The highest BCUT2D eigenvalue weighted by molar-refractivity contribution is 6.35. The summed E-state index contributed by atoms with van der Waals surface area (Å²) in [6, 6.07) is 5.53. The highest BCUT2D eigenvalue weighted by Crippen LogP contribution is 2.33. The number of aromatic nitrogens is 2. The summed E-state index contributed by atoms with van der Waals surface area (Å²) in [7, 11) is 0. The minimum atomic E-state index is -0.120. The highest BCUT2D eigenvalue weighted by atomic mass is 35.5. The second-order valence-electron chi connectivity index (χ2n) is 6.44. The van der Waals surface area contributed by atoms with Crippen LogP contribution in [0.25, 0.3) is 11.0 Å². The summed E-state index contributed by atoms with van der Waals surface area (Å²) in [4.78, 5) is 19.1. The SMILES string of the molecule is Cc1noc([C@@H]2CCCN(C(=O)c3oc4c(Cl)cccc4c3C)C2)n1. The lowest BCUT2D eigenvalue weighted by atomic mass is 9.97. The lowest BCUT2D eigenvalue weighted by molar-refractivity contribution is 0.0665. The molecule has 1 aliphatic rings. The van der Waals surface area contributed by atoms with E-state index in [1.165, 1.54) is 0 Å². The number of hydrogen-bond donors (Lipinski definition) is 0. The number of hydrogen-bond acceptors (Lipinski definition) is 5. The van der Waals surface area contributed by atoms with E-state index >= 15 is 0 Å². The maximum atomic E-state index is 13.0. The van der Waals surface area contributed by atoms with Crippen molar-refractivity contribution in [3.8, 4) is 0 Å². The number of fused-ring (bicyclic) bond motifs is 1. The Morgan fingerprint density at radius 1 is 1.36 bits per heavy atom. The maximum Gasteiger partial charge on any atom is 0.289 e. The zero-order valence-corrected chi connectivity index (χ0v) is 14.8. The van der Waals surface area contributed by atoms with Crippen molar-refractivity contribution < 1.29 is 13.7 Å². The van der Waals surface area contributed by atoms with E-state index in [4.69, 9.17) is 20.5 Å². The molecule has 0 unspecified atom stereocenters. The molecule has 6 nitrogen and oxygen atoms in total. The van der Waals surface area contributed by atoms with Gasteiger partial charge in [-0.05, 0) is 32.8 Å². The number of nitrogens with zero attached hydrogens (tertiary/aromatic N) is 3. The quantitative estimate of drug-likeness (QED) is 0.688. The number of likely N-dealkylation sites (tertiary alicyclic amines) is 1. The smallest absolute Gasteiger partial charge is 0.289 e. The first-order valence-corrected chi connectivity index (χ1v) is 8.69. The first-order valence-electron chi connectivity index (χ1n) is 8.31. The van der Waals surface area contributed by atoms with Gasteiger partial charge in [-0.3, -0.25) is 4.79 Å². The number of furan rings is 1. The Balaban J connectivity index is 1.62. The molecule has 3 aromatic rings. The molecule has 0 radical (unpaired) electrons. The number of halogens is 1. The van der Waals surface area contributed by atoms with E-state index in [1.807, 2.05) is 19.1 Å². The van der Waals surface area contributed by atoms with Gasteiger partial charge >= 0.3 is 0 Å². The standard InChI is InChI=1S/C18H18ClN3O3/c1-10-13-6-3-7-14(19)16(13)24-15(10)18(23)22-8-4-5-12(9-22)17-20-11(2)21-25-17/h3,6-7,12H,4-5,8-9H2,1-2H3/t12-/m1/s1. The molecule has 0 N–H and O–H groups in total. The fraction of sp³-hybridized carbons (Fsp3) is 0.389. The molecule has 7 heteroatoms. The number of rotatable bonds is 2. The highest BCUT2D eigenvalue weighted by Gasteiger charge is 2.31. The van der Waals surface area contributed by atoms with Gasteiger partial charge in [0.1, 0.15) is 0 Å². The van der Waals surface area contributed by atoms with Crippen molar-refractivity contribution in [1.82, 2.24) is 15.0 Å². The molecule has 0 bridgehead atoms. The third-order valence-electron chi connectivity index (χ3n) is 4.71. The number of carbonyl (C=O) groups is 1. The van der Waals surface area contributed by atoms with Crippen molar-refractivity contribution in [3.63, 3.8) is 0 Å². The fourth-order valence-electron chi connectivity index (χ4n) is 3.40. The average Bonchev–Trinajstić information content (AvgIpc) is 3.20. The molecule has 25 heavy (non-hydrogen) atoms. The van der Waals surface area contributed by atoms with Crippen molar-refractivity contribution >= 4 is 28.5 Å². The minimum absolute atomic E-state index is 0.0622. The number of amides is 1. The molecule has 3 heterocycles. The third-order valence-corrected chi connectivity index (χ3v) is 5.01. The van der Waals surface area contributed by atoms with Crippen LogP contribution in [-0.4, -0.2) is 34.0 Å². The van der Waals surface area contributed by atoms with Crippen LogP contribution >= 0.6 is 11.6 Å². The number of carbonyl (C=O) groups excluding carboxylic acids is 1. The normalized spacial score (nSPS) is 18.0. The second-order valence-corrected chi connectivity index (χ2v) is 6.85. The largest absolute Gasteiger partial charge is 0.449 e. The van der Waals surface area contributed by atoms with Gasteiger partial charge < -0.3 is 13.8 Å². The van der Waals surface area contributed by atoms with E-state index in [1.54, 1.807) is 17.9 Å². The van der Waals surface area contributed by atoms with Crippen LogP contribution in [0, 0.1) is 13.8 Å². The van der Waals surface area contributed by atoms with Crippen LogP contribution in [0.5, 0.6) is 0 Å². The fourth-order valence-corrected chi connectivity index (χ4v) is 3.61. The van der Waals surface area contributed by atoms with E-state index in [2.05, 4.69) is 10.1 Å². The molecular weight excluding hydrogens is 342 g/mol. The van der Waals surface area contributed by atoms with Gasteiger partial charge in [0.25, 0.3) is 5.91 Å². The molecule has 0 aliphatic carbocycles. The van der Waals surface area contributed by atoms with E-state index in [9.17, 15) is 4.79 Å². The first kappa shape index (κ1) is 16.1. The minimum Gasteiger partial charge on any atom is -0.449 e. The predicted octanol–water partition coefficient (Wildman–Crippen LogP) is 4.11. The van der Waals surface area contributed by atoms with Crippen LogP contribution in [0.1, 0.15) is 46.6 Å². The van der Waals surface area contributed by atoms with Crippen LogP contribution in [0.2, 0.25) is 5.02 Å². The Labute approximate surface area is 149 Å². The second kappa shape index (κ2) is 6.19. The van der Waals surface area contributed by atoms with Gasteiger partial charge in [0.05, 0.1) is 10.9 Å². The van der Waals surface area contributed by atoms with Crippen LogP contribution < -0.4 is 0 Å². The molecule has 1 saturated heterocycles. The molecule has 1 fully saturated rings. The Kier molecular flexibility index (Phi) is 4.00.